The highest BCUT2D eigenvalue weighted by molar-refractivity contribution is 5.66. The van der Waals surface area contributed by atoms with Crippen molar-refractivity contribution in [3.8, 4) is 17.3 Å². The molecule has 4 rings (SSSR count). The summed E-state index contributed by atoms with van der Waals surface area (Å²) in [7, 11) is 0. The van der Waals surface area contributed by atoms with Crippen molar-refractivity contribution in [2.24, 2.45) is 0 Å². The average Bonchev–Trinajstić information content (AvgIpc) is 3.11. The number of nitriles is 1. The van der Waals surface area contributed by atoms with Gasteiger partial charge in [-0.3, -0.25) is 4.40 Å². The minimum absolute atomic E-state index is 0.0290. The molecular formula is C23H18F3N3O. The molecule has 1 N–H and O–H groups in total. The van der Waals surface area contributed by atoms with Gasteiger partial charge in [-0.05, 0) is 37.6 Å². The molecule has 1 aromatic carbocycles. The van der Waals surface area contributed by atoms with Crippen molar-refractivity contribution in [1.29, 1.82) is 5.26 Å². The highest BCUT2D eigenvalue weighted by Crippen LogP contribution is 2.36. The fourth-order valence-corrected chi connectivity index (χ4v) is 3.66. The van der Waals surface area contributed by atoms with Gasteiger partial charge in [-0.2, -0.15) is 14.0 Å². The van der Waals surface area contributed by atoms with Crippen molar-refractivity contribution in [1.82, 2.24) is 9.38 Å². The smallest absolute Gasteiger partial charge is 0.286 e. The number of hydrogen-bond acceptors (Lipinski definition) is 3. The molecule has 1 aliphatic carbocycles. The quantitative estimate of drug-likeness (QED) is 0.612. The van der Waals surface area contributed by atoms with E-state index in [4.69, 9.17) is 0 Å². The summed E-state index contributed by atoms with van der Waals surface area (Å²) in [5.41, 5.74) is 0.781. The molecule has 7 heteroatoms. The van der Waals surface area contributed by atoms with E-state index in [1.807, 2.05) is 6.07 Å². The summed E-state index contributed by atoms with van der Waals surface area (Å²) >= 11 is 0. The summed E-state index contributed by atoms with van der Waals surface area (Å²) in [5, 5.41) is 19.5. The van der Waals surface area contributed by atoms with E-state index >= 15 is 0 Å². The number of imidazole rings is 1. The van der Waals surface area contributed by atoms with Crippen LogP contribution in [0.25, 0.3) is 16.9 Å². The molecule has 0 bridgehead atoms. The fraction of sp³-hybridized carbons (Fsp3) is 0.217. The molecule has 3 aromatic rings. The number of nitrogens with zero attached hydrogens (tertiary/aromatic N) is 3. The zero-order valence-electron chi connectivity index (χ0n) is 16.3. The van der Waals surface area contributed by atoms with E-state index in [9.17, 15) is 23.5 Å². The predicted molar refractivity (Wildman–Crippen MR) is 106 cm³/mol. The Kier molecular flexibility index (Phi) is 4.55. The van der Waals surface area contributed by atoms with Crippen molar-refractivity contribution >= 4 is 5.65 Å². The first kappa shape index (κ1) is 19.9. The van der Waals surface area contributed by atoms with Crippen LogP contribution >= 0.6 is 0 Å². The number of fused-ring (bicyclic) bond motifs is 1. The summed E-state index contributed by atoms with van der Waals surface area (Å²) < 4.78 is 43.6. The number of pyridine rings is 1. The van der Waals surface area contributed by atoms with Gasteiger partial charge in [-0.25, -0.2) is 9.37 Å². The van der Waals surface area contributed by atoms with Gasteiger partial charge in [-0.1, -0.05) is 24.3 Å². The van der Waals surface area contributed by atoms with E-state index in [0.29, 0.717) is 22.9 Å². The van der Waals surface area contributed by atoms with Crippen molar-refractivity contribution < 1.29 is 18.3 Å². The molecule has 0 spiro atoms. The van der Waals surface area contributed by atoms with Gasteiger partial charge >= 0.3 is 0 Å². The maximum atomic E-state index is 14.9. The van der Waals surface area contributed by atoms with Crippen molar-refractivity contribution in [2.45, 2.75) is 31.3 Å². The molecule has 4 nitrogen and oxygen atoms in total. The van der Waals surface area contributed by atoms with Crippen LogP contribution in [0.4, 0.5) is 13.2 Å². The molecule has 0 fully saturated rings. The number of alkyl halides is 2. The van der Waals surface area contributed by atoms with Gasteiger partial charge in [0.1, 0.15) is 0 Å². The van der Waals surface area contributed by atoms with Crippen molar-refractivity contribution in [2.75, 3.05) is 0 Å². The van der Waals surface area contributed by atoms with Gasteiger partial charge < -0.3 is 5.11 Å². The average molecular weight is 409 g/mol. The predicted octanol–water partition coefficient (Wildman–Crippen LogP) is 5.11. The molecular weight excluding hydrogens is 391 g/mol. The van der Waals surface area contributed by atoms with Crippen LogP contribution in [0.3, 0.4) is 0 Å². The standard InChI is InChI=1S/C23H18F3N3O/c1-22(2,30)18-7-9-29-19(13-28-21(29)20(18)24)15-5-3-4-14(10-15)17-6-8-23(25,26)11-16(17)12-27/h3-11,13,17,30H,1-2H3. The third kappa shape index (κ3) is 3.40. The van der Waals surface area contributed by atoms with Crippen LogP contribution in [0.1, 0.15) is 30.9 Å². The molecule has 30 heavy (non-hydrogen) atoms. The number of aromatic nitrogens is 2. The second kappa shape index (κ2) is 6.85. The maximum absolute atomic E-state index is 14.9. The first-order chi connectivity index (χ1) is 14.1. The number of halogens is 3. The summed E-state index contributed by atoms with van der Waals surface area (Å²) in [4.78, 5) is 4.16. The lowest BCUT2D eigenvalue weighted by atomic mass is 9.86. The van der Waals surface area contributed by atoms with Gasteiger partial charge in [0.15, 0.2) is 11.5 Å². The third-order valence-electron chi connectivity index (χ3n) is 5.14. The zero-order valence-corrected chi connectivity index (χ0v) is 16.3. The Morgan fingerprint density at radius 1 is 1.27 bits per heavy atom. The number of allylic oxidation sites excluding steroid dienone is 4. The lowest BCUT2D eigenvalue weighted by Gasteiger charge is -2.20. The fourth-order valence-electron chi connectivity index (χ4n) is 3.66. The normalized spacial score (nSPS) is 18.3. The van der Waals surface area contributed by atoms with Crippen LogP contribution in [0, 0.1) is 17.1 Å². The summed E-state index contributed by atoms with van der Waals surface area (Å²) in [6.07, 6.45) is 5.92. The highest BCUT2D eigenvalue weighted by atomic mass is 19.3. The van der Waals surface area contributed by atoms with Crippen molar-refractivity contribution in [3.05, 3.63) is 83.5 Å². The molecule has 0 aliphatic heterocycles. The monoisotopic (exact) mass is 409 g/mol. The summed E-state index contributed by atoms with van der Waals surface area (Å²) in [6.45, 7) is 2.99. The van der Waals surface area contributed by atoms with E-state index in [0.717, 1.165) is 6.08 Å². The van der Waals surface area contributed by atoms with E-state index < -0.39 is 23.3 Å². The third-order valence-corrected chi connectivity index (χ3v) is 5.14. The molecule has 0 saturated heterocycles. The molecule has 152 valence electrons. The Bertz CT molecular complexity index is 1240. The second-order valence-corrected chi connectivity index (χ2v) is 7.79. The molecule has 1 atom stereocenters. The SMILES string of the molecule is CC(C)(O)c1ccn2c(-c3cccc(C4C=CC(F)(F)C=C4C#N)c3)cnc2c1F. The lowest BCUT2D eigenvalue weighted by molar-refractivity contribution is 0.0746. The Balaban J connectivity index is 1.79. The highest BCUT2D eigenvalue weighted by Gasteiger charge is 2.30. The second-order valence-electron chi connectivity index (χ2n) is 7.79. The summed E-state index contributed by atoms with van der Waals surface area (Å²) in [6, 6.07) is 10.4. The van der Waals surface area contributed by atoms with Crippen molar-refractivity contribution in [3.63, 3.8) is 0 Å². The number of rotatable bonds is 3. The minimum atomic E-state index is -3.14. The van der Waals surface area contributed by atoms with Crippen LogP contribution in [0.2, 0.25) is 0 Å². The Morgan fingerprint density at radius 2 is 2.03 bits per heavy atom. The van der Waals surface area contributed by atoms with Crippen LogP contribution in [0.15, 0.2) is 66.5 Å². The molecule has 0 amide bonds. The van der Waals surface area contributed by atoms with E-state index in [2.05, 4.69) is 4.98 Å². The van der Waals surface area contributed by atoms with Crippen LogP contribution < -0.4 is 0 Å². The van der Waals surface area contributed by atoms with E-state index in [-0.39, 0.29) is 16.8 Å². The Hall–Kier alpha value is -3.37. The minimum Gasteiger partial charge on any atom is -0.386 e. The molecule has 2 aromatic heterocycles. The topological polar surface area (TPSA) is 61.3 Å². The number of aliphatic hydroxyl groups is 1. The van der Waals surface area contributed by atoms with Crippen LogP contribution in [-0.2, 0) is 5.60 Å². The van der Waals surface area contributed by atoms with Crippen LogP contribution in [0.5, 0.6) is 0 Å². The molecule has 1 aliphatic rings. The Morgan fingerprint density at radius 3 is 2.73 bits per heavy atom. The van der Waals surface area contributed by atoms with Gasteiger partial charge in [-0.15, -0.1) is 0 Å². The van der Waals surface area contributed by atoms with E-state index in [1.165, 1.54) is 32.2 Å². The first-order valence-corrected chi connectivity index (χ1v) is 9.29. The largest absolute Gasteiger partial charge is 0.386 e. The zero-order chi connectivity index (χ0) is 21.7. The Labute approximate surface area is 171 Å². The molecule has 0 radical (unpaired) electrons. The summed E-state index contributed by atoms with van der Waals surface area (Å²) in [5.74, 6) is -4.34. The number of hydrogen-bond donors (Lipinski definition) is 1. The van der Waals surface area contributed by atoms with Gasteiger partial charge in [0.2, 0.25) is 0 Å². The molecule has 0 saturated carbocycles. The lowest BCUT2D eigenvalue weighted by Crippen LogP contribution is -2.18. The molecule has 1 unspecified atom stereocenters. The van der Waals surface area contributed by atoms with Gasteiger partial charge in [0.05, 0.1) is 23.6 Å². The van der Waals surface area contributed by atoms with Crippen LogP contribution in [-0.4, -0.2) is 20.4 Å². The maximum Gasteiger partial charge on any atom is 0.286 e. The van der Waals surface area contributed by atoms with Gasteiger partial charge in [0.25, 0.3) is 5.92 Å². The van der Waals surface area contributed by atoms with Gasteiger partial charge in [0, 0.05) is 34.9 Å². The molecule has 2 heterocycles. The van der Waals surface area contributed by atoms with E-state index in [1.54, 1.807) is 34.9 Å². The number of benzene rings is 1. The first-order valence-electron chi connectivity index (χ1n) is 9.29.